The molecule has 2 atom stereocenters. The normalized spacial score (nSPS) is 20.3. The molecule has 5 rings (SSSR count). The first-order chi connectivity index (χ1) is 18.1. The Labute approximate surface area is 222 Å². The van der Waals surface area contributed by atoms with Crippen LogP contribution < -0.4 is 19.1 Å². The quantitative estimate of drug-likeness (QED) is 0.482. The van der Waals surface area contributed by atoms with Gasteiger partial charge in [0.1, 0.15) is 11.6 Å². The summed E-state index contributed by atoms with van der Waals surface area (Å²) in [5.41, 5.74) is 0.881. The molecule has 1 saturated heterocycles. The molecule has 38 heavy (non-hydrogen) atoms. The van der Waals surface area contributed by atoms with Gasteiger partial charge in [0, 0.05) is 29.9 Å². The maximum Gasteiger partial charge on any atom is 0.281 e. The Hall–Kier alpha value is -3.70. The number of hydrogen-bond acceptors (Lipinski definition) is 9. The Morgan fingerprint density at radius 1 is 1.16 bits per heavy atom. The number of pyridine rings is 2. The number of para-hydroxylation sites is 1. The van der Waals surface area contributed by atoms with E-state index in [-0.39, 0.29) is 28.6 Å². The smallest absolute Gasteiger partial charge is 0.281 e. The van der Waals surface area contributed by atoms with Crippen LogP contribution in [0.1, 0.15) is 43.1 Å². The fraction of sp³-hybridized carbons (Fsp3) is 0.370. The van der Waals surface area contributed by atoms with E-state index in [0.29, 0.717) is 24.1 Å². The van der Waals surface area contributed by atoms with Gasteiger partial charge in [0.2, 0.25) is 12.2 Å². The summed E-state index contributed by atoms with van der Waals surface area (Å²) in [6.45, 7) is 7.44. The molecule has 1 N–H and O–H groups in total. The summed E-state index contributed by atoms with van der Waals surface area (Å²) in [5.74, 6) is 0.824. The Morgan fingerprint density at radius 2 is 1.97 bits per heavy atom. The number of amides is 1. The summed E-state index contributed by atoms with van der Waals surface area (Å²) in [7, 11) is -4.29. The van der Waals surface area contributed by atoms with Gasteiger partial charge < -0.3 is 19.1 Å². The van der Waals surface area contributed by atoms with Gasteiger partial charge in [-0.2, -0.15) is 13.4 Å². The molecule has 0 bridgehead atoms. The summed E-state index contributed by atoms with van der Waals surface area (Å²) in [6, 6.07) is 15.0. The topological polar surface area (TPSA) is 120 Å². The van der Waals surface area contributed by atoms with Crippen LogP contribution >= 0.6 is 0 Å². The highest BCUT2D eigenvalue weighted by Crippen LogP contribution is 2.38. The van der Waals surface area contributed by atoms with Crippen molar-refractivity contribution in [3.8, 4) is 11.6 Å². The van der Waals surface area contributed by atoms with Gasteiger partial charge in [-0.3, -0.25) is 4.79 Å². The van der Waals surface area contributed by atoms with Crippen LogP contribution in [0, 0.1) is 5.92 Å². The number of fused-ring (bicyclic) bond motifs is 1. The first kappa shape index (κ1) is 25.9. The molecular formula is C27H30N4O6S. The van der Waals surface area contributed by atoms with Gasteiger partial charge in [0.15, 0.2) is 11.6 Å². The SMILES string of the molecule is CC1CCN(c2ncccc2C(=O)NS(=O)(=O)c2cccc(OCC3OCc4ccccc4O3)n2)C1(C)C. The highest BCUT2D eigenvalue weighted by molar-refractivity contribution is 7.90. The molecule has 1 fully saturated rings. The number of carbonyl (C=O) groups excluding carboxylic acids is 1. The van der Waals surface area contributed by atoms with Crippen LogP contribution in [0.15, 0.2) is 65.8 Å². The average molecular weight is 539 g/mol. The van der Waals surface area contributed by atoms with E-state index in [4.69, 9.17) is 14.2 Å². The molecule has 2 aliphatic heterocycles. The molecule has 200 valence electrons. The van der Waals surface area contributed by atoms with Crippen molar-refractivity contribution in [3.63, 3.8) is 0 Å². The Balaban J connectivity index is 1.28. The lowest BCUT2D eigenvalue weighted by Gasteiger charge is -2.36. The third-order valence-corrected chi connectivity index (χ3v) is 8.43. The van der Waals surface area contributed by atoms with E-state index in [1.54, 1.807) is 18.3 Å². The standard InChI is InChI=1S/C27H30N4O6S/c1-18-13-15-31(27(18,2)3)25-20(9-7-14-28-25)26(32)30-38(33,34)23-12-6-11-22(29-23)35-17-24-36-16-19-8-4-5-10-21(19)37-24/h4-12,14,18,24H,13,15-17H2,1-3H3,(H,30,32). The molecule has 1 amide bonds. The predicted octanol–water partition coefficient (Wildman–Crippen LogP) is 3.53. The minimum absolute atomic E-state index is 0.000280. The van der Waals surface area contributed by atoms with Crippen molar-refractivity contribution in [1.29, 1.82) is 0 Å². The monoisotopic (exact) mass is 538 g/mol. The summed E-state index contributed by atoms with van der Waals surface area (Å²) < 4.78 is 45.4. The number of benzene rings is 1. The van der Waals surface area contributed by atoms with Gasteiger partial charge in [-0.25, -0.2) is 9.71 Å². The number of nitrogens with one attached hydrogen (secondary N) is 1. The maximum absolute atomic E-state index is 13.2. The van der Waals surface area contributed by atoms with E-state index in [0.717, 1.165) is 18.5 Å². The van der Waals surface area contributed by atoms with Crippen LogP contribution in [0.25, 0.3) is 0 Å². The minimum atomic E-state index is -4.29. The molecule has 2 unspecified atom stereocenters. The van der Waals surface area contributed by atoms with E-state index < -0.39 is 22.2 Å². The van der Waals surface area contributed by atoms with Crippen molar-refractivity contribution in [3.05, 3.63) is 71.9 Å². The van der Waals surface area contributed by atoms with E-state index >= 15 is 0 Å². The zero-order valence-corrected chi connectivity index (χ0v) is 22.3. The molecule has 0 radical (unpaired) electrons. The number of anilines is 1. The van der Waals surface area contributed by atoms with Gasteiger partial charge in [0.05, 0.1) is 12.2 Å². The molecule has 10 nitrogen and oxygen atoms in total. The largest absolute Gasteiger partial charge is 0.471 e. The molecule has 0 aliphatic carbocycles. The predicted molar refractivity (Wildman–Crippen MR) is 139 cm³/mol. The Kier molecular flexibility index (Phi) is 6.97. The van der Waals surface area contributed by atoms with Crippen molar-refractivity contribution in [2.24, 2.45) is 5.92 Å². The molecule has 0 saturated carbocycles. The zero-order chi connectivity index (χ0) is 26.9. The van der Waals surface area contributed by atoms with Gasteiger partial charge in [0.25, 0.3) is 15.9 Å². The molecule has 2 aliphatic rings. The third kappa shape index (κ3) is 5.16. The number of sulfonamides is 1. The highest BCUT2D eigenvalue weighted by Gasteiger charge is 2.40. The maximum atomic E-state index is 13.2. The number of rotatable bonds is 7. The van der Waals surface area contributed by atoms with Crippen molar-refractivity contribution >= 4 is 21.7 Å². The van der Waals surface area contributed by atoms with Crippen LogP contribution in [0.5, 0.6) is 11.6 Å². The van der Waals surface area contributed by atoms with Gasteiger partial charge in [-0.05, 0) is 50.5 Å². The summed E-state index contributed by atoms with van der Waals surface area (Å²) in [6.07, 6.45) is 1.87. The molecular weight excluding hydrogens is 508 g/mol. The van der Waals surface area contributed by atoms with Gasteiger partial charge in [-0.15, -0.1) is 0 Å². The zero-order valence-electron chi connectivity index (χ0n) is 21.5. The molecule has 4 heterocycles. The van der Waals surface area contributed by atoms with Crippen LogP contribution in [0.2, 0.25) is 0 Å². The summed E-state index contributed by atoms with van der Waals surface area (Å²) in [5, 5.41) is -0.347. The number of ether oxygens (including phenoxy) is 3. The van der Waals surface area contributed by atoms with E-state index in [1.807, 2.05) is 24.3 Å². The first-order valence-corrected chi connectivity index (χ1v) is 13.9. The fourth-order valence-electron chi connectivity index (χ4n) is 4.59. The number of hydrogen-bond donors (Lipinski definition) is 1. The Bertz CT molecular complexity index is 1440. The summed E-state index contributed by atoms with van der Waals surface area (Å²) in [4.78, 5) is 23.7. The number of nitrogens with zero attached hydrogens (tertiary/aromatic N) is 3. The second-order valence-electron chi connectivity index (χ2n) is 9.90. The molecule has 2 aromatic heterocycles. The molecule has 11 heteroatoms. The molecule has 3 aromatic rings. The lowest BCUT2D eigenvalue weighted by atomic mass is 9.90. The number of aromatic nitrogens is 2. The third-order valence-electron chi connectivity index (χ3n) is 7.20. The lowest BCUT2D eigenvalue weighted by molar-refractivity contribution is -0.126. The fourth-order valence-corrected chi connectivity index (χ4v) is 5.51. The lowest BCUT2D eigenvalue weighted by Crippen LogP contribution is -2.43. The molecule has 1 aromatic carbocycles. The Morgan fingerprint density at radius 3 is 2.76 bits per heavy atom. The van der Waals surface area contributed by atoms with Crippen LogP contribution in [0.4, 0.5) is 5.82 Å². The average Bonchev–Trinajstić information content (AvgIpc) is 3.18. The van der Waals surface area contributed by atoms with Crippen LogP contribution in [-0.4, -0.2) is 49.3 Å². The van der Waals surface area contributed by atoms with Gasteiger partial charge >= 0.3 is 0 Å². The first-order valence-electron chi connectivity index (χ1n) is 12.4. The van der Waals surface area contributed by atoms with Crippen molar-refractivity contribution in [2.45, 2.75) is 50.7 Å². The van der Waals surface area contributed by atoms with Crippen molar-refractivity contribution in [1.82, 2.24) is 14.7 Å². The minimum Gasteiger partial charge on any atom is -0.471 e. The van der Waals surface area contributed by atoms with Crippen molar-refractivity contribution in [2.75, 3.05) is 18.1 Å². The van der Waals surface area contributed by atoms with Crippen molar-refractivity contribution < 1.29 is 27.4 Å². The van der Waals surface area contributed by atoms with E-state index in [1.165, 1.54) is 18.2 Å². The van der Waals surface area contributed by atoms with E-state index in [2.05, 4.69) is 40.4 Å². The van der Waals surface area contributed by atoms with Crippen LogP contribution in [0.3, 0.4) is 0 Å². The van der Waals surface area contributed by atoms with E-state index in [9.17, 15) is 13.2 Å². The summed E-state index contributed by atoms with van der Waals surface area (Å²) >= 11 is 0. The second kappa shape index (κ2) is 10.2. The molecule has 0 spiro atoms. The second-order valence-corrected chi connectivity index (χ2v) is 11.5. The highest BCUT2D eigenvalue weighted by atomic mass is 32.2. The van der Waals surface area contributed by atoms with Gasteiger partial charge in [-0.1, -0.05) is 31.2 Å². The number of carbonyl (C=O) groups is 1. The van der Waals surface area contributed by atoms with Crippen LogP contribution in [-0.2, 0) is 21.4 Å².